The molecule has 4 nitrogen and oxygen atoms in total. The number of hydrogen-bond acceptors (Lipinski definition) is 3. The van der Waals surface area contributed by atoms with Crippen LogP contribution >= 0.6 is 0 Å². The first-order chi connectivity index (χ1) is 6.41. The highest BCUT2D eigenvalue weighted by atomic mass is 32.2. The van der Waals surface area contributed by atoms with Crippen LogP contribution < -0.4 is 0 Å². The van der Waals surface area contributed by atoms with Crippen LogP contribution in [0.5, 0.6) is 0 Å². The third kappa shape index (κ3) is 5.57. The molecule has 14 heavy (non-hydrogen) atoms. The van der Waals surface area contributed by atoms with Crippen molar-refractivity contribution in [3.05, 3.63) is 0 Å². The van der Waals surface area contributed by atoms with Crippen LogP contribution in [0.25, 0.3) is 0 Å². The fourth-order valence-corrected chi connectivity index (χ4v) is 2.23. The second-order valence-electron chi connectivity index (χ2n) is 3.54. The van der Waals surface area contributed by atoms with Gasteiger partial charge in [-0.1, -0.05) is 13.8 Å². The minimum atomic E-state index is -3.90. The van der Waals surface area contributed by atoms with Gasteiger partial charge in [0.05, 0.1) is 11.4 Å². The Morgan fingerprint density at radius 1 is 1.14 bits per heavy atom. The number of hydrogen-bond donors (Lipinski definition) is 2. The van der Waals surface area contributed by atoms with E-state index in [1.165, 1.54) is 0 Å². The molecule has 0 fully saturated rings. The van der Waals surface area contributed by atoms with Gasteiger partial charge in [0.2, 0.25) is 0 Å². The number of aliphatic hydroxyl groups is 1. The predicted octanol–water partition coefficient (Wildman–Crippen LogP) is 1.59. The van der Waals surface area contributed by atoms with Crippen molar-refractivity contribution >= 4 is 10.1 Å². The van der Waals surface area contributed by atoms with Crippen LogP contribution in [0, 0.1) is 0 Å². The average Bonchev–Trinajstić information content (AvgIpc) is 2.09. The molecule has 2 atom stereocenters. The minimum Gasteiger partial charge on any atom is -0.393 e. The Morgan fingerprint density at radius 2 is 1.71 bits per heavy atom. The van der Waals surface area contributed by atoms with E-state index in [-0.39, 0.29) is 6.10 Å². The summed E-state index contributed by atoms with van der Waals surface area (Å²) in [6.07, 6.45) is 2.40. The Labute approximate surface area is 86.1 Å². The Hall–Kier alpha value is -0.130. The Bertz CT molecular complexity index is 235. The lowest BCUT2D eigenvalue weighted by molar-refractivity contribution is 0.156. The van der Waals surface area contributed by atoms with E-state index >= 15 is 0 Å². The molecule has 0 amide bonds. The second-order valence-corrected chi connectivity index (χ2v) is 5.23. The molecule has 86 valence electrons. The van der Waals surface area contributed by atoms with Crippen LogP contribution in [0.4, 0.5) is 0 Å². The molecule has 0 spiro atoms. The molecule has 0 aromatic rings. The number of rotatable bonds is 7. The molecule has 0 aliphatic rings. The normalized spacial score (nSPS) is 16.6. The largest absolute Gasteiger partial charge is 0.393 e. The summed E-state index contributed by atoms with van der Waals surface area (Å²) >= 11 is 0. The van der Waals surface area contributed by atoms with Crippen molar-refractivity contribution in [2.24, 2.45) is 0 Å². The van der Waals surface area contributed by atoms with Crippen LogP contribution in [0.1, 0.15) is 46.0 Å². The first kappa shape index (κ1) is 13.9. The van der Waals surface area contributed by atoms with Gasteiger partial charge in [-0.2, -0.15) is 8.42 Å². The van der Waals surface area contributed by atoms with Gasteiger partial charge in [0.15, 0.2) is 0 Å². The lowest BCUT2D eigenvalue weighted by atomic mass is 10.1. The van der Waals surface area contributed by atoms with E-state index in [1.54, 1.807) is 6.92 Å². The van der Waals surface area contributed by atoms with E-state index in [4.69, 9.17) is 4.55 Å². The lowest BCUT2D eigenvalue weighted by Crippen LogP contribution is -2.20. The first-order valence-electron chi connectivity index (χ1n) is 5.06. The molecule has 2 unspecified atom stereocenters. The summed E-state index contributed by atoms with van der Waals surface area (Å²) in [7, 11) is -3.90. The molecule has 0 saturated heterocycles. The molecule has 0 radical (unpaired) electrons. The third-order valence-corrected chi connectivity index (χ3v) is 3.82. The van der Waals surface area contributed by atoms with Gasteiger partial charge in [-0.15, -0.1) is 0 Å². The van der Waals surface area contributed by atoms with Gasteiger partial charge in [0, 0.05) is 0 Å². The maximum atomic E-state index is 10.8. The summed E-state index contributed by atoms with van der Waals surface area (Å²) in [6.45, 7) is 3.61. The minimum absolute atomic E-state index is 0.353. The zero-order valence-electron chi connectivity index (χ0n) is 8.81. The molecule has 0 aromatic heterocycles. The predicted molar refractivity (Wildman–Crippen MR) is 55.8 cm³/mol. The molecule has 0 aromatic carbocycles. The summed E-state index contributed by atoms with van der Waals surface area (Å²) in [4.78, 5) is 0. The van der Waals surface area contributed by atoms with E-state index < -0.39 is 15.4 Å². The zero-order chi connectivity index (χ0) is 11.2. The fraction of sp³-hybridized carbons (Fsp3) is 1.00. The van der Waals surface area contributed by atoms with E-state index in [2.05, 4.69) is 0 Å². The molecule has 0 aliphatic heterocycles. The highest BCUT2D eigenvalue weighted by Gasteiger charge is 2.20. The van der Waals surface area contributed by atoms with Crippen molar-refractivity contribution in [1.82, 2.24) is 0 Å². The topological polar surface area (TPSA) is 74.6 Å². The molecular weight excluding hydrogens is 204 g/mol. The summed E-state index contributed by atoms with van der Waals surface area (Å²) in [5, 5.41) is 8.56. The van der Waals surface area contributed by atoms with Gasteiger partial charge < -0.3 is 5.11 Å². The van der Waals surface area contributed by atoms with Crippen LogP contribution in [-0.2, 0) is 10.1 Å². The molecular formula is C9H20O4S. The highest BCUT2D eigenvalue weighted by Crippen LogP contribution is 2.14. The van der Waals surface area contributed by atoms with E-state index in [0.717, 1.165) is 0 Å². The van der Waals surface area contributed by atoms with Gasteiger partial charge in [0.25, 0.3) is 10.1 Å². The summed E-state index contributed by atoms with van der Waals surface area (Å²) in [6, 6.07) is 0. The fourth-order valence-electron chi connectivity index (χ4n) is 1.35. The molecule has 0 saturated carbocycles. The first-order valence-corrected chi connectivity index (χ1v) is 6.56. The standard InChI is InChI=1S/C9H20O4S/c1-3-8(10)6-5-7-9(4-2)14(11,12)13/h8-10H,3-7H2,1-2H3,(H,11,12,13). The van der Waals surface area contributed by atoms with Crippen molar-refractivity contribution in [2.45, 2.75) is 57.3 Å². The average molecular weight is 224 g/mol. The van der Waals surface area contributed by atoms with Crippen molar-refractivity contribution in [2.75, 3.05) is 0 Å². The summed E-state index contributed by atoms with van der Waals surface area (Å²) < 4.78 is 30.4. The van der Waals surface area contributed by atoms with E-state index in [1.807, 2.05) is 6.92 Å². The van der Waals surface area contributed by atoms with Crippen LogP contribution in [-0.4, -0.2) is 29.4 Å². The second kappa shape index (κ2) is 6.37. The van der Waals surface area contributed by atoms with Gasteiger partial charge in [-0.25, -0.2) is 0 Å². The maximum absolute atomic E-state index is 10.8. The third-order valence-electron chi connectivity index (χ3n) is 2.41. The quantitative estimate of drug-likeness (QED) is 0.644. The Kier molecular flexibility index (Phi) is 6.31. The molecule has 0 heterocycles. The SMILES string of the molecule is CCC(O)CCCC(CC)S(=O)(=O)O. The van der Waals surface area contributed by atoms with Gasteiger partial charge >= 0.3 is 0 Å². The van der Waals surface area contributed by atoms with Crippen LogP contribution in [0.3, 0.4) is 0 Å². The molecule has 0 rings (SSSR count). The molecule has 0 aliphatic carbocycles. The van der Waals surface area contributed by atoms with E-state index in [9.17, 15) is 13.5 Å². The summed E-state index contributed by atoms with van der Waals surface area (Å²) in [5.41, 5.74) is 0. The lowest BCUT2D eigenvalue weighted by Gasteiger charge is -2.12. The molecule has 2 N–H and O–H groups in total. The van der Waals surface area contributed by atoms with Crippen molar-refractivity contribution < 1.29 is 18.1 Å². The molecule has 0 bridgehead atoms. The number of aliphatic hydroxyl groups excluding tert-OH is 1. The monoisotopic (exact) mass is 224 g/mol. The van der Waals surface area contributed by atoms with Gasteiger partial charge in [0.1, 0.15) is 0 Å². The van der Waals surface area contributed by atoms with Gasteiger partial charge in [-0.3, -0.25) is 4.55 Å². The van der Waals surface area contributed by atoms with Crippen molar-refractivity contribution in [3.63, 3.8) is 0 Å². The smallest absolute Gasteiger partial charge is 0.267 e. The highest BCUT2D eigenvalue weighted by molar-refractivity contribution is 7.86. The molecule has 5 heteroatoms. The van der Waals surface area contributed by atoms with Crippen molar-refractivity contribution in [3.8, 4) is 0 Å². The van der Waals surface area contributed by atoms with Crippen LogP contribution in [0.15, 0.2) is 0 Å². The maximum Gasteiger partial charge on any atom is 0.267 e. The Balaban J connectivity index is 3.87. The van der Waals surface area contributed by atoms with E-state index in [0.29, 0.717) is 32.1 Å². The van der Waals surface area contributed by atoms with Crippen LogP contribution in [0.2, 0.25) is 0 Å². The summed E-state index contributed by atoms with van der Waals surface area (Å²) in [5.74, 6) is 0. The Morgan fingerprint density at radius 3 is 2.07 bits per heavy atom. The van der Waals surface area contributed by atoms with Gasteiger partial charge in [-0.05, 0) is 32.1 Å². The van der Waals surface area contributed by atoms with Crippen molar-refractivity contribution in [1.29, 1.82) is 0 Å². The zero-order valence-corrected chi connectivity index (χ0v) is 9.63.